The minimum absolute atomic E-state index is 0. The van der Waals surface area contributed by atoms with Gasteiger partial charge in [0.05, 0.1) is 5.48 Å². The van der Waals surface area contributed by atoms with Gasteiger partial charge in [-0.3, -0.25) is 0 Å². The molecule has 0 unspecified atom stereocenters. The SMILES string of the molecule is [2H]c1c([2H])c([2H])c2c(c1[2H])c1ccc(Oc3[c-]c(N4[CH-]Nc5c(-c6c(-c7ccccc7)cccc6-c6ccc7c(c6)C([2H])([2H])C([2H])([2H])C([2H])([2H])C7([2H])[2H])cccc54)ccc3C)[c-]c1n2-c1cc(C(C)(C)C)ccn1.[Pt]. The first kappa shape index (κ1) is 29.0. The van der Waals surface area contributed by atoms with Crippen LogP contribution in [0, 0.1) is 25.7 Å². The van der Waals surface area contributed by atoms with Crippen molar-refractivity contribution in [2.45, 2.75) is 58.6 Å². The van der Waals surface area contributed by atoms with Crippen molar-refractivity contribution >= 4 is 38.9 Å². The van der Waals surface area contributed by atoms with Crippen LogP contribution in [0.1, 0.15) is 72.2 Å². The maximum absolute atomic E-state index is 9.04. The molecule has 314 valence electrons. The molecule has 7 aromatic carbocycles. The molecule has 0 amide bonds. The van der Waals surface area contributed by atoms with E-state index in [1.165, 1.54) is 12.1 Å². The van der Waals surface area contributed by atoms with Crippen LogP contribution >= 0.6 is 0 Å². The average Bonchev–Trinajstić information content (AvgIpc) is 3.97. The van der Waals surface area contributed by atoms with Crippen molar-refractivity contribution in [2.75, 3.05) is 10.2 Å². The number of fused-ring (bicyclic) bond motifs is 5. The summed E-state index contributed by atoms with van der Waals surface area (Å²) in [6, 6.07) is 43.0. The molecule has 11 rings (SSSR count). The van der Waals surface area contributed by atoms with E-state index in [1.807, 2.05) is 109 Å². The summed E-state index contributed by atoms with van der Waals surface area (Å²) in [6.45, 7) is 9.99. The number of hydrogen-bond acceptors (Lipinski definition) is 4. The molecule has 0 saturated carbocycles. The van der Waals surface area contributed by atoms with E-state index in [2.05, 4.69) is 38.2 Å². The smallest absolute Gasteiger partial charge is 0.135 e. The quantitative estimate of drug-likeness (QED) is 0.162. The molecule has 2 aromatic heterocycles. The molecule has 1 aliphatic carbocycles. The standard InChI is InChI=1S/C57H47N4O.Pt/c1-37-24-27-43(34-53(37)62-44-28-29-48-47-18-10-11-22-50(47)61(52(48)35-44)54-33-42(30-31-58-54)57(2,3)4)60-36-59-56-49(21-13-23-51(56)60)55-45(39-15-6-5-7-16-39)19-12-20-46(55)41-26-25-38-14-8-9-17-40(38)32-41;/h5-7,10-13,15-16,18-33,36,59H,8-9,14,17H2,1-4H3;/q-3;/i8D2,9D2,10D,11D,14D2,17D2,18D,22D;. The fourth-order valence-electron chi connectivity index (χ4n) is 8.37. The molecule has 0 saturated heterocycles. The third kappa shape index (κ3) is 7.33. The maximum Gasteiger partial charge on any atom is 0.135 e. The molecular weight excluding hydrogens is 952 g/mol. The summed E-state index contributed by atoms with van der Waals surface area (Å²) in [6.07, 6.45) is -10.4. The summed E-state index contributed by atoms with van der Waals surface area (Å²) in [5.41, 5.74) is 8.37. The zero-order chi connectivity index (χ0) is 52.6. The van der Waals surface area contributed by atoms with Crippen molar-refractivity contribution in [1.82, 2.24) is 9.55 Å². The zero-order valence-corrected chi connectivity index (χ0v) is 37.0. The molecule has 63 heavy (non-hydrogen) atoms. The van der Waals surface area contributed by atoms with E-state index < -0.39 is 25.5 Å². The van der Waals surface area contributed by atoms with Crippen LogP contribution in [0.4, 0.5) is 17.1 Å². The first-order valence-corrected chi connectivity index (χ1v) is 20.5. The van der Waals surface area contributed by atoms with Crippen molar-refractivity contribution in [3.63, 3.8) is 0 Å². The van der Waals surface area contributed by atoms with E-state index in [9.17, 15) is 0 Å². The number of benzene rings is 7. The van der Waals surface area contributed by atoms with Crippen molar-refractivity contribution in [2.24, 2.45) is 0 Å². The Hall–Kier alpha value is -6.42. The van der Waals surface area contributed by atoms with Crippen LogP contribution in [0.25, 0.3) is 61.0 Å². The Labute approximate surface area is 401 Å². The Balaban J connectivity index is 0.00000641. The number of aromatic nitrogens is 2. The van der Waals surface area contributed by atoms with Crippen LogP contribution in [0.2, 0.25) is 0 Å². The van der Waals surface area contributed by atoms with Crippen LogP contribution < -0.4 is 15.0 Å². The van der Waals surface area contributed by atoms with Crippen LogP contribution in [0.15, 0.2) is 152 Å². The maximum atomic E-state index is 9.04. The number of ether oxygens (including phenoxy) is 1. The Morgan fingerprint density at radius 1 is 0.762 bits per heavy atom. The molecule has 9 aromatic rings. The van der Waals surface area contributed by atoms with Crippen molar-refractivity contribution < 1.29 is 42.3 Å². The van der Waals surface area contributed by atoms with Gasteiger partial charge in [0.25, 0.3) is 0 Å². The van der Waals surface area contributed by atoms with Crippen LogP contribution in [0.3, 0.4) is 0 Å². The second kappa shape index (κ2) is 16.4. The van der Waals surface area contributed by atoms with Gasteiger partial charge in [0.15, 0.2) is 0 Å². The summed E-state index contributed by atoms with van der Waals surface area (Å²) in [7, 11) is 0. The average molecular weight is 1010 g/mol. The molecule has 1 N–H and O–H groups in total. The molecule has 3 heterocycles. The van der Waals surface area contributed by atoms with Crippen LogP contribution in [0.5, 0.6) is 11.5 Å². The van der Waals surface area contributed by atoms with E-state index in [1.54, 1.807) is 29.0 Å². The van der Waals surface area contributed by atoms with Gasteiger partial charge in [0.1, 0.15) is 5.82 Å². The van der Waals surface area contributed by atoms with E-state index in [-0.39, 0.29) is 67.3 Å². The third-order valence-electron chi connectivity index (χ3n) is 11.5. The molecular formula is C57H47N4OPt-3. The Kier molecular flexibility index (Phi) is 7.54. The molecule has 0 radical (unpaired) electrons. The summed E-state index contributed by atoms with van der Waals surface area (Å²) < 4.78 is 113. The van der Waals surface area contributed by atoms with E-state index in [0.29, 0.717) is 50.4 Å². The number of rotatable bonds is 7. The van der Waals surface area contributed by atoms with Gasteiger partial charge in [0.2, 0.25) is 0 Å². The fraction of sp³-hybridized carbons (Fsp3) is 0.158. The van der Waals surface area contributed by atoms with Gasteiger partial charge in [-0.2, -0.15) is 18.8 Å². The molecule has 1 aliphatic heterocycles. The number of nitrogens with one attached hydrogen (secondary N) is 1. The summed E-state index contributed by atoms with van der Waals surface area (Å²) in [4.78, 5) is 6.65. The number of pyridine rings is 1. The first-order chi connectivity index (χ1) is 35.0. The second-order valence-corrected chi connectivity index (χ2v) is 16.5. The fourth-order valence-corrected chi connectivity index (χ4v) is 8.37. The minimum Gasteiger partial charge on any atom is -0.514 e. The minimum atomic E-state index is -3.21. The van der Waals surface area contributed by atoms with Gasteiger partial charge in [-0.1, -0.05) is 130 Å². The monoisotopic (exact) mass is 1010 g/mol. The normalized spacial score (nSPS) is 19.3. The molecule has 0 atom stereocenters. The number of hydrogen-bond donors (Lipinski definition) is 1. The topological polar surface area (TPSA) is 42.3 Å². The van der Waals surface area contributed by atoms with Gasteiger partial charge >= 0.3 is 0 Å². The van der Waals surface area contributed by atoms with Crippen molar-refractivity contribution in [3.05, 3.63) is 193 Å². The number of aryl methyl sites for hydroxylation is 3. The Bertz CT molecular complexity index is 3800. The third-order valence-corrected chi connectivity index (χ3v) is 11.5. The molecule has 5 nitrogen and oxygen atoms in total. The van der Waals surface area contributed by atoms with E-state index in [0.717, 1.165) is 44.8 Å². The molecule has 2 aliphatic rings. The number of nitrogens with zero attached hydrogens (tertiary/aromatic N) is 3. The van der Waals surface area contributed by atoms with Crippen LogP contribution in [-0.4, -0.2) is 9.55 Å². The number of para-hydroxylation sites is 2. The zero-order valence-electron chi connectivity index (χ0n) is 46.8. The summed E-state index contributed by atoms with van der Waals surface area (Å²) >= 11 is 0. The Morgan fingerprint density at radius 2 is 1.54 bits per heavy atom. The van der Waals surface area contributed by atoms with Crippen LogP contribution in [-0.2, 0) is 39.2 Å². The van der Waals surface area contributed by atoms with Crippen molar-refractivity contribution in [1.29, 1.82) is 0 Å². The largest absolute Gasteiger partial charge is 0.514 e. The van der Waals surface area contributed by atoms with Gasteiger partial charge in [-0.25, -0.2) is 4.98 Å². The number of anilines is 3. The van der Waals surface area contributed by atoms with Gasteiger partial charge in [0, 0.05) is 72.2 Å². The van der Waals surface area contributed by atoms with Gasteiger partial charge in [-0.15, -0.1) is 40.9 Å². The summed E-state index contributed by atoms with van der Waals surface area (Å²) in [5.74, 6) is 1.19. The van der Waals surface area contributed by atoms with Gasteiger partial charge in [-0.05, 0) is 105 Å². The predicted octanol–water partition coefficient (Wildman–Crippen LogP) is 14.7. The molecule has 0 bridgehead atoms. The molecule has 0 spiro atoms. The molecule has 6 heteroatoms. The van der Waals surface area contributed by atoms with E-state index in [4.69, 9.17) is 26.2 Å². The molecule has 0 fully saturated rings. The van der Waals surface area contributed by atoms with Crippen molar-refractivity contribution in [3.8, 4) is 50.7 Å². The van der Waals surface area contributed by atoms with E-state index >= 15 is 0 Å². The second-order valence-electron chi connectivity index (χ2n) is 16.5. The predicted molar refractivity (Wildman–Crippen MR) is 256 cm³/mol. The Morgan fingerprint density at radius 3 is 2.38 bits per heavy atom. The van der Waals surface area contributed by atoms with Gasteiger partial charge < -0.3 is 19.5 Å². The first-order valence-electron chi connectivity index (χ1n) is 26.5. The summed E-state index contributed by atoms with van der Waals surface area (Å²) in [5, 5.41) is 4.41.